The van der Waals surface area contributed by atoms with E-state index in [-0.39, 0.29) is 16.2 Å². The zero-order valence-electron chi connectivity index (χ0n) is 10.6. The van der Waals surface area contributed by atoms with Crippen LogP contribution < -0.4 is 11.1 Å². The minimum atomic E-state index is -0.936. The molecule has 21 heavy (non-hydrogen) atoms. The first-order chi connectivity index (χ1) is 9.91. The van der Waals surface area contributed by atoms with E-state index in [1.165, 1.54) is 18.2 Å². The fourth-order valence-electron chi connectivity index (χ4n) is 1.80. The first-order valence-electron chi connectivity index (χ1n) is 5.79. The van der Waals surface area contributed by atoms with Gasteiger partial charge in [0.05, 0.1) is 11.3 Å². The predicted molar refractivity (Wildman–Crippen MR) is 78.3 cm³/mol. The number of hydrogen-bond acceptors (Lipinski definition) is 3. The lowest BCUT2D eigenvalue weighted by Gasteiger charge is -2.12. The lowest BCUT2D eigenvalue weighted by Crippen LogP contribution is -2.19. The standard InChI is InChI=1S/C14H10F2N2O2S/c15-7-3-1-5-9(11(7)13(17)21)18-14(20)12-8(16)4-2-6-10(12)19/h1-6,19H,(H2,17,21)(H,18,20). The number of phenolic OH excluding ortho intramolecular Hbond substituents is 1. The van der Waals surface area contributed by atoms with Crippen LogP contribution in [0.4, 0.5) is 14.5 Å². The third-order valence-corrected chi connectivity index (χ3v) is 2.93. The Balaban J connectivity index is 2.42. The molecule has 108 valence electrons. The first-order valence-corrected chi connectivity index (χ1v) is 6.19. The Morgan fingerprint density at radius 2 is 1.67 bits per heavy atom. The van der Waals surface area contributed by atoms with E-state index in [1.807, 2.05) is 0 Å². The van der Waals surface area contributed by atoms with Gasteiger partial charge in [0, 0.05) is 0 Å². The fraction of sp³-hybridized carbons (Fsp3) is 0. The topological polar surface area (TPSA) is 75.3 Å². The fourth-order valence-corrected chi connectivity index (χ4v) is 2.01. The van der Waals surface area contributed by atoms with Crippen LogP contribution in [-0.4, -0.2) is 16.0 Å². The number of amides is 1. The van der Waals surface area contributed by atoms with E-state index in [1.54, 1.807) is 0 Å². The van der Waals surface area contributed by atoms with Crippen molar-refractivity contribution in [2.45, 2.75) is 0 Å². The average molecular weight is 308 g/mol. The maximum Gasteiger partial charge on any atom is 0.262 e. The number of aromatic hydroxyl groups is 1. The molecular formula is C14H10F2N2O2S. The summed E-state index contributed by atoms with van der Waals surface area (Å²) in [5, 5.41) is 11.8. The largest absolute Gasteiger partial charge is 0.507 e. The minimum absolute atomic E-state index is 0.00449. The minimum Gasteiger partial charge on any atom is -0.507 e. The number of thiocarbonyl (C=S) groups is 1. The van der Waals surface area contributed by atoms with Crippen molar-refractivity contribution in [3.63, 3.8) is 0 Å². The maximum absolute atomic E-state index is 13.7. The second kappa shape index (κ2) is 5.84. The molecule has 0 aromatic heterocycles. The molecule has 0 atom stereocenters. The summed E-state index contributed by atoms with van der Waals surface area (Å²) >= 11 is 4.72. The van der Waals surface area contributed by atoms with Crippen LogP contribution in [-0.2, 0) is 0 Å². The molecule has 2 aromatic carbocycles. The number of rotatable bonds is 3. The van der Waals surface area contributed by atoms with Gasteiger partial charge in [0.1, 0.15) is 27.9 Å². The van der Waals surface area contributed by atoms with Gasteiger partial charge in [-0.25, -0.2) is 8.78 Å². The number of carbonyl (C=O) groups is 1. The Morgan fingerprint density at radius 1 is 1.10 bits per heavy atom. The molecule has 0 heterocycles. The predicted octanol–water partition coefficient (Wildman–Crippen LogP) is 2.56. The van der Waals surface area contributed by atoms with Crippen molar-refractivity contribution in [1.29, 1.82) is 0 Å². The Morgan fingerprint density at radius 3 is 2.24 bits per heavy atom. The van der Waals surface area contributed by atoms with E-state index in [2.05, 4.69) is 5.32 Å². The third-order valence-electron chi connectivity index (χ3n) is 2.73. The van der Waals surface area contributed by atoms with Crippen molar-refractivity contribution >= 4 is 28.8 Å². The molecule has 1 amide bonds. The Kier molecular flexibility index (Phi) is 4.13. The van der Waals surface area contributed by atoms with Gasteiger partial charge in [-0.15, -0.1) is 0 Å². The van der Waals surface area contributed by atoms with Crippen LogP contribution >= 0.6 is 12.2 Å². The molecule has 0 aliphatic rings. The van der Waals surface area contributed by atoms with Crippen LogP contribution in [0.15, 0.2) is 36.4 Å². The normalized spacial score (nSPS) is 10.2. The number of hydrogen-bond donors (Lipinski definition) is 3. The van der Waals surface area contributed by atoms with E-state index in [4.69, 9.17) is 18.0 Å². The molecule has 0 aliphatic heterocycles. The molecule has 4 N–H and O–H groups in total. The van der Waals surface area contributed by atoms with Crippen molar-refractivity contribution in [2.75, 3.05) is 5.32 Å². The molecular weight excluding hydrogens is 298 g/mol. The van der Waals surface area contributed by atoms with Crippen molar-refractivity contribution in [3.8, 4) is 5.75 Å². The number of carbonyl (C=O) groups excluding carboxylic acids is 1. The first kappa shape index (κ1) is 14.9. The summed E-state index contributed by atoms with van der Waals surface area (Å²) < 4.78 is 27.3. The molecule has 2 aromatic rings. The van der Waals surface area contributed by atoms with Crippen molar-refractivity contribution in [3.05, 3.63) is 59.2 Å². The summed E-state index contributed by atoms with van der Waals surface area (Å²) in [5.74, 6) is -3.08. The van der Waals surface area contributed by atoms with E-state index in [9.17, 15) is 18.7 Å². The molecule has 4 nitrogen and oxygen atoms in total. The summed E-state index contributed by atoms with van der Waals surface area (Å²) in [6, 6.07) is 7.28. The number of anilines is 1. The molecule has 0 bridgehead atoms. The van der Waals surface area contributed by atoms with Crippen LogP contribution in [0.5, 0.6) is 5.75 Å². The Bertz CT molecular complexity index is 715. The molecule has 0 spiro atoms. The number of benzene rings is 2. The summed E-state index contributed by atoms with van der Waals surface area (Å²) in [6.07, 6.45) is 0. The molecule has 0 fully saturated rings. The van der Waals surface area contributed by atoms with Crippen molar-refractivity contribution in [2.24, 2.45) is 5.73 Å². The highest BCUT2D eigenvalue weighted by atomic mass is 32.1. The van der Waals surface area contributed by atoms with Crippen molar-refractivity contribution < 1.29 is 18.7 Å². The van der Waals surface area contributed by atoms with Gasteiger partial charge in [-0.05, 0) is 24.3 Å². The molecule has 7 heteroatoms. The number of phenols is 1. The second-order valence-corrected chi connectivity index (χ2v) is 4.55. The Hall–Kier alpha value is -2.54. The third kappa shape index (κ3) is 2.97. The van der Waals surface area contributed by atoms with Crippen LogP contribution in [0.2, 0.25) is 0 Å². The monoisotopic (exact) mass is 308 g/mol. The van der Waals surface area contributed by atoms with Gasteiger partial charge >= 0.3 is 0 Å². The highest BCUT2D eigenvalue weighted by Crippen LogP contribution is 2.24. The second-order valence-electron chi connectivity index (χ2n) is 4.11. The van der Waals surface area contributed by atoms with Gasteiger partial charge in [0.15, 0.2) is 0 Å². The van der Waals surface area contributed by atoms with Gasteiger partial charge in [0.25, 0.3) is 5.91 Å². The lowest BCUT2D eigenvalue weighted by atomic mass is 10.1. The van der Waals surface area contributed by atoms with Gasteiger partial charge in [-0.2, -0.15) is 0 Å². The quantitative estimate of drug-likeness (QED) is 0.762. The van der Waals surface area contributed by atoms with Gasteiger partial charge in [-0.1, -0.05) is 24.4 Å². The summed E-state index contributed by atoms with van der Waals surface area (Å²) in [5.41, 5.74) is 4.70. The molecule has 2 rings (SSSR count). The van der Waals surface area contributed by atoms with E-state index in [0.29, 0.717) is 0 Å². The maximum atomic E-state index is 13.7. The van der Waals surface area contributed by atoms with E-state index >= 15 is 0 Å². The number of halogens is 2. The van der Waals surface area contributed by atoms with Gasteiger partial charge in [-0.3, -0.25) is 4.79 Å². The highest BCUT2D eigenvalue weighted by Gasteiger charge is 2.19. The van der Waals surface area contributed by atoms with Gasteiger partial charge in [0.2, 0.25) is 0 Å². The molecule has 0 radical (unpaired) electrons. The molecule has 0 aliphatic carbocycles. The molecule has 0 saturated carbocycles. The van der Waals surface area contributed by atoms with Gasteiger partial charge < -0.3 is 16.2 Å². The van der Waals surface area contributed by atoms with Crippen LogP contribution in [0.25, 0.3) is 0 Å². The highest BCUT2D eigenvalue weighted by molar-refractivity contribution is 7.80. The number of nitrogens with one attached hydrogen (secondary N) is 1. The number of nitrogens with two attached hydrogens (primary N) is 1. The lowest BCUT2D eigenvalue weighted by molar-refractivity contribution is 0.102. The zero-order chi connectivity index (χ0) is 15.6. The summed E-state index contributed by atoms with van der Waals surface area (Å²) in [7, 11) is 0. The van der Waals surface area contributed by atoms with E-state index < -0.39 is 28.9 Å². The summed E-state index contributed by atoms with van der Waals surface area (Å²) in [6.45, 7) is 0. The molecule has 0 unspecified atom stereocenters. The van der Waals surface area contributed by atoms with Crippen LogP contribution in [0.1, 0.15) is 15.9 Å². The average Bonchev–Trinajstić information content (AvgIpc) is 2.37. The van der Waals surface area contributed by atoms with Crippen LogP contribution in [0.3, 0.4) is 0 Å². The van der Waals surface area contributed by atoms with Crippen LogP contribution in [0, 0.1) is 11.6 Å². The van der Waals surface area contributed by atoms with E-state index in [0.717, 1.165) is 18.2 Å². The Labute approximate surface area is 124 Å². The summed E-state index contributed by atoms with van der Waals surface area (Å²) in [4.78, 5) is 11.8. The smallest absolute Gasteiger partial charge is 0.262 e. The zero-order valence-corrected chi connectivity index (χ0v) is 11.4. The van der Waals surface area contributed by atoms with Crippen molar-refractivity contribution in [1.82, 2.24) is 0 Å². The SMILES string of the molecule is NC(=S)c1c(F)cccc1NC(=O)c1c(O)cccc1F. The molecule has 0 saturated heterocycles.